The van der Waals surface area contributed by atoms with Crippen LogP contribution in [0, 0.1) is 0 Å². The molecule has 14 heavy (non-hydrogen) atoms. The van der Waals surface area contributed by atoms with Crippen molar-refractivity contribution in [3.05, 3.63) is 39.8 Å². The fourth-order valence-corrected chi connectivity index (χ4v) is 1.26. The molecule has 0 spiro atoms. The minimum atomic E-state index is -0.836. The van der Waals surface area contributed by atoms with E-state index in [1.165, 1.54) is 12.1 Å². The van der Waals surface area contributed by atoms with Gasteiger partial charge in [0.1, 0.15) is 11.5 Å². The van der Waals surface area contributed by atoms with Crippen LogP contribution in [0.15, 0.2) is 23.0 Å². The van der Waals surface area contributed by atoms with Crippen molar-refractivity contribution in [3.8, 4) is 0 Å². The number of carbonyl (C=O) groups is 2. The van der Waals surface area contributed by atoms with Gasteiger partial charge in [0.2, 0.25) is 17.1 Å². The molecule has 1 aromatic heterocycles. The molecule has 5 heteroatoms. The number of carbonyl (C=O) groups excluding carboxylic acids is 2. The first-order valence-corrected chi connectivity index (χ1v) is 3.82. The second kappa shape index (κ2) is 2.66. The minimum absolute atomic E-state index is 0.150. The molecule has 1 aliphatic rings. The van der Waals surface area contributed by atoms with Crippen LogP contribution in [0.1, 0.15) is 16.1 Å². The van der Waals surface area contributed by atoms with Crippen molar-refractivity contribution >= 4 is 17.3 Å². The van der Waals surface area contributed by atoms with Crippen LogP contribution in [-0.4, -0.2) is 21.7 Å². The Bertz CT molecular complexity index is 524. The molecule has 0 unspecified atom stereocenters. The smallest absolute Gasteiger partial charge is 0.249 e. The van der Waals surface area contributed by atoms with E-state index in [9.17, 15) is 19.5 Å². The lowest BCUT2D eigenvalue weighted by atomic mass is 9.99. The number of allylic oxidation sites excluding steroid dienone is 1. The lowest BCUT2D eigenvalue weighted by Crippen LogP contribution is -2.23. The first-order chi connectivity index (χ1) is 6.59. The van der Waals surface area contributed by atoms with Gasteiger partial charge in [0, 0.05) is 17.7 Å². The SMILES string of the molecule is O=C1C=C(O)c2ccc(=O)[nH]c2C1=O. The molecule has 0 aromatic carbocycles. The number of fused-ring (bicyclic) bond motifs is 1. The van der Waals surface area contributed by atoms with Gasteiger partial charge in [-0.25, -0.2) is 0 Å². The summed E-state index contributed by atoms with van der Waals surface area (Å²) < 4.78 is 0. The van der Waals surface area contributed by atoms with Crippen LogP contribution >= 0.6 is 0 Å². The summed E-state index contributed by atoms with van der Waals surface area (Å²) in [4.78, 5) is 35.3. The van der Waals surface area contributed by atoms with Crippen LogP contribution in [0.2, 0.25) is 0 Å². The van der Waals surface area contributed by atoms with E-state index in [1.807, 2.05) is 0 Å². The average molecular weight is 191 g/mol. The number of Topliss-reactive ketones (excluding diaryl/α,β-unsaturated/α-hetero) is 1. The maximum Gasteiger partial charge on any atom is 0.249 e. The second-order valence-electron chi connectivity index (χ2n) is 2.83. The van der Waals surface area contributed by atoms with Gasteiger partial charge in [-0.1, -0.05) is 0 Å². The highest BCUT2D eigenvalue weighted by Crippen LogP contribution is 2.19. The highest BCUT2D eigenvalue weighted by Gasteiger charge is 2.26. The lowest BCUT2D eigenvalue weighted by Gasteiger charge is -2.09. The van der Waals surface area contributed by atoms with E-state index in [0.29, 0.717) is 0 Å². The summed E-state index contributed by atoms with van der Waals surface area (Å²) in [5, 5.41) is 9.31. The summed E-state index contributed by atoms with van der Waals surface area (Å²) in [5.74, 6) is -1.95. The molecular weight excluding hydrogens is 186 g/mol. The summed E-state index contributed by atoms with van der Waals surface area (Å²) in [6.45, 7) is 0. The number of H-pyrrole nitrogens is 1. The molecule has 0 fully saturated rings. The normalized spacial score (nSPS) is 15.0. The number of hydrogen-bond acceptors (Lipinski definition) is 4. The fourth-order valence-electron chi connectivity index (χ4n) is 1.26. The molecule has 0 bridgehead atoms. The predicted molar refractivity (Wildman–Crippen MR) is 47.0 cm³/mol. The predicted octanol–water partition coefficient (Wildman–Crippen LogP) is 0.0392. The number of aliphatic hydroxyl groups is 1. The number of rotatable bonds is 0. The molecule has 0 saturated heterocycles. The zero-order chi connectivity index (χ0) is 10.3. The third-order valence-corrected chi connectivity index (χ3v) is 1.91. The number of hydrogen-bond donors (Lipinski definition) is 2. The van der Waals surface area contributed by atoms with E-state index in [1.54, 1.807) is 0 Å². The number of ketones is 2. The molecular formula is C9H5NO4. The molecule has 0 amide bonds. The third kappa shape index (κ3) is 1.06. The van der Waals surface area contributed by atoms with Gasteiger partial charge >= 0.3 is 0 Å². The highest BCUT2D eigenvalue weighted by molar-refractivity contribution is 6.49. The fraction of sp³-hybridized carbons (Fsp3) is 0. The Morgan fingerprint density at radius 2 is 1.86 bits per heavy atom. The number of pyridine rings is 1. The van der Waals surface area contributed by atoms with Gasteiger partial charge in [-0.3, -0.25) is 14.4 Å². The number of aliphatic hydroxyl groups excluding tert-OH is 1. The quantitative estimate of drug-likeness (QED) is 0.566. The van der Waals surface area contributed by atoms with E-state index in [2.05, 4.69) is 4.98 Å². The average Bonchev–Trinajstić information content (AvgIpc) is 2.14. The van der Waals surface area contributed by atoms with E-state index in [-0.39, 0.29) is 17.0 Å². The first-order valence-electron chi connectivity index (χ1n) is 3.82. The summed E-state index contributed by atoms with van der Waals surface area (Å²) in [6, 6.07) is 2.47. The zero-order valence-corrected chi connectivity index (χ0v) is 6.90. The summed E-state index contributed by atoms with van der Waals surface area (Å²) in [5.41, 5.74) is -0.462. The molecule has 0 saturated carbocycles. The molecule has 2 N–H and O–H groups in total. The Kier molecular flexibility index (Phi) is 1.60. The van der Waals surface area contributed by atoms with Crippen LogP contribution < -0.4 is 5.56 Å². The van der Waals surface area contributed by atoms with Crippen LogP contribution in [-0.2, 0) is 4.79 Å². The number of nitrogens with one attached hydrogen (secondary N) is 1. The maximum atomic E-state index is 11.2. The topological polar surface area (TPSA) is 87.2 Å². The van der Waals surface area contributed by atoms with E-state index in [0.717, 1.165) is 6.08 Å². The summed E-state index contributed by atoms with van der Waals surface area (Å²) in [7, 11) is 0. The Morgan fingerprint density at radius 1 is 1.14 bits per heavy atom. The molecule has 1 aliphatic carbocycles. The standard InChI is InChI=1S/C9H5NO4/c11-5-3-6(12)9(14)8-4(5)1-2-7(13)10-8/h1-3,11H,(H,10,13). The van der Waals surface area contributed by atoms with Gasteiger partial charge < -0.3 is 10.1 Å². The van der Waals surface area contributed by atoms with Crippen molar-refractivity contribution in [2.75, 3.05) is 0 Å². The largest absolute Gasteiger partial charge is 0.507 e. The number of aromatic nitrogens is 1. The van der Waals surface area contributed by atoms with Gasteiger partial charge in [-0.15, -0.1) is 0 Å². The van der Waals surface area contributed by atoms with Crippen molar-refractivity contribution < 1.29 is 14.7 Å². The van der Waals surface area contributed by atoms with Gasteiger partial charge in [0.05, 0.1) is 0 Å². The van der Waals surface area contributed by atoms with Crippen LogP contribution in [0.4, 0.5) is 0 Å². The highest BCUT2D eigenvalue weighted by atomic mass is 16.3. The van der Waals surface area contributed by atoms with Crippen molar-refractivity contribution in [2.24, 2.45) is 0 Å². The molecule has 1 aromatic rings. The molecule has 1 heterocycles. The Hall–Kier alpha value is -2.17. The first kappa shape index (κ1) is 8.43. The van der Waals surface area contributed by atoms with Crippen LogP contribution in [0.5, 0.6) is 0 Å². The van der Waals surface area contributed by atoms with Crippen molar-refractivity contribution in [1.82, 2.24) is 4.98 Å². The molecule has 0 aliphatic heterocycles. The Labute approximate surface area is 77.7 Å². The van der Waals surface area contributed by atoms with Crippen molar-refractivity contribution in [3.63, 3.8) is 0 Å². The van der Waals surface area contributed by atoms with Gasteiger partial charge in [-0.05, 0) is 6.07 Å². The van der Waals surface area contributed by atoms with E-state index in [4.69, 9.17) is 0 Å². The zero-order valence-electron chi connectivity index (χ0n) is 6.90. The molecule has 0 radical (unpaired) electrons. The summed E-state index contributed by atoms with van der Waals surface area (Å²) >= 11 is 0. The van der Waals surface area contributed by atoms with Crippen molar-refractivity contribution in [2.45, 2.75) is 0 Å². The molecule has 2 rings (SSSR count). The second-order valence-corrected chi connectivity index (χ2v) is 2.83. The molecule has 70 valence electrons. The number of aromatic amines is 1. The lowest BCUT2D eigenvalue weighted by molar-refractivity contribution is -0.111. The molecule has 0 atom stereocenters. The minimum Gasteiger partial charge on any atom is -0.507 e. The molecule has 5 nitrogen and oxygen atoms in total. The van der Waals surface area contributed by atoms with Gasteiger partial charge in [-0.2, -0.15) is 0 Å². The van der Waals surface area contributed by atoms with Crippen LogP contribution in [0.3, 0.4) is 0 Å². The monoisotopic (exact) mass is 191 g/mol. The Balaban J connectivity index is 2.78. The summed E-state index contributed by atoms with van der Waals surface area (Å²) in [6.07, 6.45) is 0.836. The maximum absolute atomic E-state index is 11.2. The van der Waals surface area contributed by atoms with E-state index < -0.39 is 17.1 Å². The van der Waals surface area contributed by atoms with Gasteiger partial charge in [0.25, 0.3) is 0 Å². The van der Waals surface area contributed by atoms with E-state index >= 15 is 0 Å². The third-order valence-electron chi connectivity index (χ3n) is 1.91. The van der Waals surface area contributed by atoms with Gasteiger partial charge in [0.15, 0.2) is 0 Å². The Morgan fingerprint density at radius 3 is 2.57 bits per heavy atom. The van der Waals surface area contributed by atoms with Crippen LogP contribution in [0.25, 0.3) is 5.76 Å². The van der Waals surface area contributed by atoms with Crippen molar-refractivity contribution in [1.29, 1.82) is 0 Å².